The van der Waals surface area contributed by atoms with Crippen LogP contribution in [0.15, 0.2) is 59.7 Å². The van der Waals surface area contributed by atoms with Gasteiger partial charge in [0.05, 0.1) is 6.21 Å². The van der Waals surface area contributed by atoms with Crippen LogP contribution < -0.4 is 15.6 Å². The van der Waals surface area contributed by atoms with Gasteiger partial charge in [0.15, 0.2) is 0 Å². The summed E-state index contributed by atoms with van der Waals surface area (Å²) in [5.41, 5.74) is 5.22. The molecule has 0 spiro atoms. The van der Waals surface area contributed by atoms with Gasteiger partial charge in [0.25, 0.3) is 0 Å². The number of hydrogen-bond acceptors (Lipinski definition) is 4. The average Bonchev–Trinajstić information content (AvgIpc) is 2.69. The van der Waals surface area contributed by atoms with E-state index in [-0.39, 0.29) is 24.7 Å². The molecule has 0 atom stereocenters. The van der Waals surface area contributed by atoms with E-state index in [4.69, 9.17) is 0 Å². The molecule has 0 aromatic heterocycles. The summed E-state index contributed by atoms with van der Waals surface area (Å²) in [6.45, 7) is 6.15. The van der Waals surface area contributed by atoms with Gasteiger partial charge in [0.1, 0.15) is 0 Å². The Morgan fingerprint density at radius 1 is 0.926 bits per heavy atom. The lowest BCUT2D eigenvalue weighted by Crippen LogP contribution is -2.21. The second-order valence-corrected chi connectivity index (χ2v) is 5.97. The molecule has 0 aliphatic heterocycles. The second kappa shape index (κ2) is 10.8. The van der Waals surface area contributed by atoms with Gasteiger partial charge in [-0.05, 0) is 43.7 Å². The Hall–Kier alpha value is -3.15. The third-order valence-corrected chi connectivity index (χ3v) is 4.06. The molecule has 0 heterocycles. The monoisotopic (exact) mass is 366 g/mol. The largest absolute Gasteiger partial charge is 0.372 e. The van der Waals surface area contributed by atoms with Crippen LogP contribution in [0.25, 0.3) is 0 Å². The molecule has 2 rings (SSSR count). The third kappa shape index (κ3) is 6.93. The van der Waals surface area contributed by atoms with Gasteiger partial charge in [-0.25, -0.2) is 5.43 Å². The minimum absolute atomic E-state index is 0.0803. The number of carbonyl (C=O) groups is 2. The first-order valence-corrected chi connectivity index (χ1v) is 9.14. The highest BCUT2D eigenvalue weighted by molar-refractivity contribution is 5.93. The van der Waals surface area contributed by atoms with Crippen LogP contribution in [0.3, 0.4) is 0 Å². The summed E-state index contributed by atoms with van der Waals surface area (Å²) in [5, 5.41) is 6.69. The molecule has 142 valence electrons. The zero-order valence-electron chi connectivity index (χ0n) is 15.8. The van der Waals surface area contributed by atoms with Crippen LogP contribution in [0.4, 0.5) is 11.4 Å². The van der Waals surface area contributed by atoms with Gasteiger partial charge in [-0.2, -0.15) is 5.10 Å². The molecule has 6 heteroatoms. The van der Waals surface area contributed by atoms with Gasteiger partial charge in [0.2, 0.25) is 11.8 Å². The van der Waals surface area contributed by atoms with E-state index < -0.39 is 0 Å². The molecule has 0 unspecified atom stereocenters. The lowest BCUT2D eigenvalue weighted by molar-refractivity contribution is -0.124. The molecule has 0 aliphatic rings. The van der Waals surface area contributed by atoms with Crippen LogP contribution in [0.1, 0.15) is 32.3 Å². The molecule has 2 aromatic rings. The molecule has 0 saturated carbocycles. The fraction of sp³-hybridized carbons (Fsp3) is 0.286. The maximum Gasteiger partial charge on any atom is 0.240 e. The van der Waals surface area contributed by atoms with Crippen molar-refractivity contribution in [3.63, 3.8) is 0 Å². The number of anilines is 2. The highest BCUT2D eigenvalue weighted by Crippen LogP contribution is 2.14. The number of carbonyl (C=O) groups excluding carboxylic acids is 2. The molecule has 0 saturated heterocycles. The molecule has 27 heavy (non-hydrogen) atoms. The van der Waals surface area contributed by atoms with E-state index in [9.17, 15) is 9.59 Å². The van der Waals surface area contributed by atoms with Crippen molar-refractivity contribution in [1.29, 1.82) is 0 Å². The fourth-order valence-corrected chi connectivity index (χ4v) is 2.57. The van der Waals surface area contributed by atoms with Crippen LogP contribution in [0.2, 0.25) is 0 Å². The third-order valence-electron chi connectivity index (χ3n) is 4.06. The van der Waals surface area contributed by atoms with E-state index in [1.807, 2.05) is 42.5 Å². The zero-order valence-corrected chi connectivity index (χ0v) is 15.8. The topological polar surface area (TPSA) is 73.8 Å². The molecular weight excluding hydrogens is 340 g/mol. The second-order valence-electron chi connectivity index (χ2n) is 5.97. The van der Waals surface area contributed by atoms with Crippen LogP contribution in [-0.4, -0.2) is 31.1 Å². The Kier molecular flexibility index (Phi) is 8.03. The number of benzene rings is 2. The summed E-state index contributed by atoms with van der Waals surface area (Å²) in [6.07, 6.45) is 1.78. The molecule has 2 N–H and O–H groups in total. The fourth-order valence-electron chi connectivity index (χ4n) is 2.57. The summed E-state index contributed by atoms with van der Waals surface area (Å²) in [5.74, 6) is -0.499. The van der Waals surface area contributed by atoms with Gasteiger partial charge in [0, 0.05) is 37.3 Å². The summed E-state index contributed by atoms with van der Waals surface area (Å²) in [4.78, 5) is 25.9. The summed E-state index contributed by atoms with van der Waals surface area (Å²) >= 11 is 0. The van der Waals surface area contributed by atoms with Crippen molar-refractivity contribution in [2.75, 3.05) is 23.3 Å². The van der Waals surface area contributed by atoms with E-state index in [1.54, 1.807) is 18.3 Å². The maximum absolute atomic E-state index is 11.8. The Morgan fingerprint density at radius 3 is 2.19 bits per heavy atom. The van der Waals surface area contributed by atoms with Gasteiger partial charge < -0.3 is 10.2 Å². The predicted octanol–water partition coefficient (Wildman–Crippen LogP) is 3.40. The number of para-hydroxylation sites is 1. The van der Waals surface area contributed by atoms with Gasteiger partial charge in [-0.1, -0.05) is 30.3 Å². The van der Waals surface area contributed by atoms with Crippen molar-refractivity contribution < 1.29 is 9.59 Å². The van der Waals surface area contributed by atoms with Crippen molar-refractivity contribution in [2.24, 2.45) is 5.10 Å². The lowest BCUT2D eigenvalue weighted by Gasteiger charge is -2.20. The molecular formula is C21H26N4O2. The average molecular weight is 366 g/mol. The standard InChI is InChI=1S/C21H26N4O2/c1-3-25(4-2)19-12-10-17(11-13-19)16-22-24-21(27)15-14-20(26)23-18-8-6-5-7-9-18/h5-13,16H,3-4,14-15H2,1-2H3,(H,23,26)(H,24,27)/b22-16-. The summed E-state index contributed by atoms with van der Waals surface area (Å²) in [7, 11) is 0. The SMILES string of the molecule is CCN(CC)c1ccc(/C=N\NC(=O)CCC(=O)Nc2ccccc2)cc1. The molecule has 2 amide bonds. The van der Waals surface area contributed by atoms with Gasteiger partial charge in [-0.3, -0.25) is 9.59 Å². The first-order chi connectivity index (χ1) is 13.1. The molecule has 0 radical (unpaired) electrons. The Morgan fingerprint density at radius 2 is 1.56 bits per heavy atom. The Bertz CT molecular complexity index is 754. The molecule has 2 aromatic carbocycles. The predicted molar refractivity (Wildman–Crippen MR) is 110 cm³/mol. The highest BCUT2D eigenvalue weighted by atomic mass is 16.2. The number of nitrogens with zero attached hydrogens (tertiary/aromatic N) is 2. The first-order valence-electron chi connectivity index (χ1n) is 9.14. The van der Waals surface area contributed by atoms with Crippen molar-refractivity contribution in [2.45, 2.75) is 26.7 Å². The normalized spacial score (nSPS) is 10.6. The number of nitrogens with one attached hydrogen (secondary N) is 2. The molecule has 0 fully saturated rings. The van der Waals surface area contributed by atoms with Crippen LogP contribution >= 0.6 is 0 Å². The smallest absolute Gasteiger partial charge is 0.240 e. The summed E-state index contributed by atoms with van der Waals surface area (Å²) in [6, 6.07) is 17.1. The first kappa shape index (κ1) is 20.2. The van der Waals surface area contributed by atoms with E-state index in [1.165, 1.54) is 0 Å². The molecule has 0 aliphatic carbocycles. The van der Waals surface area contributed by atoms with Crippen molar-refractivity contribution in [1.82, 2.24) is 5.43 Å². The van der Waals surface area contributed by atoms with E-state index in [2.05, 4.69) is 34.6 Å². The van der Waals surface area contributed by atoms with Crippen LogP contribution in [0, 0.1) is 0 Å². The quantitative estimate of drug-likeness (QED) is 0.528. The van der Waals surface area contributed by atoms with Crippen molar-refractivity contribution in [3.8, 4) is 0 Å². The van der Waals surface area contributed by atoms with E-state index in [0.29, 0.717) is 5.69 Å². The van der Waals surface area contributed by atoms with Gasteiger partial charge >= 0.3 is 0 Å². The minimum Gasteiger partial charge on any atom is -0.372 e. The molecule has 0 bridgehead atoms. The molecule has 6 nitrogen and oxygen atoms in total. The van der Waals surface area contributed by atoms with Gasteiger partial charge in [-0.15, -0.1) is 0 Å². The van der Waals surface area contributed by atoms with Crippen LogP contribution in [0.5, 0.6) is 0 Å². The number of hydrazone groups is 1. The van der Waals surface area contributed by atoms with E-state index in [0.717, 1.165) is 24.3 Å². The van der Waals surface area contributed by atoms with Crippen molar-refractivity contribution in [3.05, 3.63) is 60.2 Å². The zero-order chi connectivity index (χ0) is 19.5. The van der Waals surface area contributed by atoms with E-state index >= 15 is 0 Å². The lowest BCUT2D eigenvalue weighted by atomic mass is 10.2. The Labute approximate surface area is 160 Å². The highest BCUT2D eigenvalue weighted by Gasteiger charge is 2.06. The maximum atomic E-state index is 11.8. The number of amides is 2. The number of hydrogen-bond donors (Lipinski definition) is 2. The number of rotatable bonds is 9. The Balaban J connectivity index is 1.74. The van der Waals surface area contributed by atoms with Crippen LogP contribution in [-0.2, 0) is 9.59 Å². The van der Waals surface area contributed by atoms with Crippen molar-refractivity contribution >= 4 is 29.4 Å². The summed E-state index contributed by atoms with van der Waals surface area (Å²) < 4.78 is 0. The minimum atomic E-state index is -0.297.